The molecule has 0 amide bonds. The van der Waals surface area contributed by atoms with Crippen LogP contribution in [0.3, 0.4) is 0 Å². The molecular weight excluding hydrogens is 440 g/mol. The number of anilines is 1. The molecule has 0 radical (unpaired) electrons. The Labute approximate surface area is 188 Å². The lowest BCUT2D eigenvalue weighted by atomic mass is 10.1. The third kappa shape index (κ3) is 4.19. The number of imidazole rings is 1. The van der Waals surface area contributed by atoms with Gasteiger partial charge in [-0.25, -0.2) is 19.7 Å². The maximum atomic E-state index is 11.3. The first-order valence-electron chi connectivity index (χ1n) is 9.94. The summed E-state index contributed by atoms with van der Waals surface area (Å²) < 4.78 is 12.8. The van der Waals surface area contributed by atoms with E-state index in [9.17, 15) is 15.0 Å². The maximum absolute atomic E-state index is 11.3. The number of rotatable bonds is 7. The number of aliphatic hydroxyl groups excluding tert-OH is 1. The molecule has 3 heterocycles. The van der Waals surface area contributed by atoms with Crippen molar-refractivity contribution >= 4 is 34.6 Å². The van der Waals surface area contributed by atoms with E-state index in [1.54, 1.807) is 12.1 Å². The lowest BCUT2D eigenvalue weighted by Gasteiger charge is -2.17. The van der Waals surface area contributed by atoms with Gasteiger partial charge in [0.05, 0.1) is 18.5 Å². The second kappa shape index (κ2) is 8.87. The highest BCUT2D eigenvalue weighted by Crippen LogP contribution is 2.32. The lowest BCUT2D eigenvalue weighted by Crippen LogP contribution is -2.43. The van der Waals surface area contributed by atoms with Crippen molar-refractivity contribution in [3.05, 3.63) is 41.4 Å². The number of carboxylic acids is 1. The van der Waals surface area contributed by atoms with Gasteiger partial charge >= 0.3 is 5.97 Å². The van der Waals surface area contributed by atoms with Crippen molar-refractivity contribution in [3.8, 4) is 5.75 Å². The molecule has 1 aromatic carbocycles. The second-order valence-electron chi connectivity index (χ2n) is 7.67. The van der Waals surface area contributed by atoms with E-state index in [-0.39, 0.29) is 6.10 Å². The van der Waals surface area contributed by atoms with E-state index in [1.807, 2.05) is 19.9 Å². The molecule has 4 rings (SSSR count). The number of hydrogen-bond donors (Lipinski definition) is 4. The molecule has 2 aromatic heterocycles. The van der Waals surface area contributed by atoms with Gasteiger partial charge in [0, 0.05) is 17.1 Å². The van der Waals surface area contributed by atoms with Gasteiger partial charge in [-0.1, -0.05) is 11.6 Å². The molecule has 4 unspecified atom stereocenters. The Balaban J connectivity index is 1.60. The molecule has 0 bridgehead atoms. The highest BCUT2D eigenvalue weighted by molar-refractivity contribution is 6.30. The van der Waals surface area contributed by atoms with Crippen molar-refractivity contribution < 1.29 is 24.5 Å². The van der Waals surface area contributed by atoms with E-state index in [4.69, 9.17) is 26.8 Å². The second-order valence-corrected chi connectivity index (χ2v) is 8.11. The molecule has 1 aliphatic rings. The minimum absolute atomic E-state index is 0.00443. The maximum Gasteiger partial charge on any atom is 0.334 e. The zero-order chi connectivity index (χ0) is 23.0. The number of halogens is 1. The summed E-state index contributed by atoms with van der Waals surface area (Å²) in [6.45, 7) is 4.23. The van der Waals surface area contributed by atoms with Gasteiger partial charge in [0.25, 0.3) is 0 Å². The molecule has 3 aromatic rings. The van der Waals surface area contributed by atoms with Crippen LogP contribution >= 0.6 is 11.6 Å². The molecule has 11 nitrogen and oxygen atoms in total. The van der Waals surface area contributed by atoms with E-state index in [0.29, 0.717) is 34.3 Å². The Morgan fingerprint density at radius 1 is 1.38 bits per heavy atom. The van der Waals surface area contributed by atoms with Crippen molar-refractivity contribution in [3.63, 3.8) is 0 Å². The molecular formula is C20H23ClN6O5. The highest BCUT2D eigenvalue weighted by atomic mass is 35.5. The monoisotopic (exact) mass is 462 g/mol. The van der Waals surface area contributed by atoms with Crippen LogP contribution in [0.1, 0.15) is 25.6 Å². The number of carbonyl (C=O) groups is 1. The van der Waals surface area contributed by atoms with E-state index < -0.39 is 30.4 Å². The van der Waals surface area contributed by atoms with Crippen LogP contribution in [0.2, 0.25) is 5.02 Å². The van der Waals surface area contributed by atoms with Crippen LogP contribution < -0.4 is 15.8 Å². The fourth-order valence-corrected chi connectivity index (χ4v) is 3.74. The van der Waals surface area contributed by atoms with E-state index in [1.165, 1.54) is 17.2 Å². The fourth-order valence-electron chi connectivity index (χ4n) is 3.55. The van der Waals surface area contributed by atoms with Gasteiger partial charge in [0.2, 0.25) is 0 Å². The van der Waals surface area contributed by atoms with Crippen molar-refractivity contribution in [2.75, 3.05) is 5.32 Å². The Hall–Kier alpha value is -2.99. The third-order valence-corrected chi connectivity index (χ3v) is 5.27. The summed E-state index contributed by atoms with van der Waals surface area (Å²) in [4.78, 5) is 24.1. The molecule has 170 valence electrons. The number of aliphatic carboxylic acids is 1. The van der Waals surface area contributed by atoms with Gasteiger partial charge in [0.15, 0.2) is 29.3 Å². The van der Waals surface area contributed by atoms with Gasteiger partial charge in [-0.15, -0.1) is 0 Å². The molecule has 0 aliphatic carbocycles. The summed E-state index contributed by atoms with van der Waals surface area (Å²) in [5.74, 6) is -0.110. The number of ether oxygens (including phenoxy) is 2. The topological polar surface area (TPSA) is 158 Å². The van der Waals surface area contributed by atoms with Crippen LogP contribution in [0.25, 0.3) is 11.2 Å². The van der Waals surface area contributed by atoms with E-state index in [0.717, 1.165) is 5.56 Å². The van der Waals surface area contributed by atoms with Crippen LogP contribution in [0.15, 0.2) is 30.9 Å². The molecule has 32 heavy (non-hydrogen) atoms. The number of aliphatic hydroxyl groups is 1. The Kier molecular flexibility index (Phi) is 6.15. The molecule has 0 saturated carbocycles. The van der Waals surface area contributed by atoms with E-state index in [2.05, 4.69) is 20.3 Å². The van der Waals surface area contributed by atoms with Gasteiger partial charge in [-0.05, 0) is 32.0 Å². The molecule has 4 atom stereocenters. The van der Waals surface area contributed by atoms with E-state index >= 15 is 0 Å². The minimum atomic E-state index is -1.34. The first-order chi connectivity index (χ1) is 15.3. The molecule has 0 spiro atoms. The number of benzene rings is 1. The summed E-state index contributed by atoms with van der Waals surface area (Å²) in [6.07, 6.45) is -0.895. The number of aromatic nitrogens is 4. The summed E-state index contributed by atoms with van der Waals surface area (Å²) in [5.41, 5.74) is 7.42. The number of carboxylic acid groups (broad SMARTS) is 1. The smallest absolute Gasteiger partial charge is 0.334 e. The average Bonchev–Trinajstić information content (AvgIpc) is 3.29. The van der Waals surface area contributed by atoms with Gasteiger partial charge in [-0.2, -0.15) is 0 Å². The van der Waals surface area contributed by atoms with Crippen LogP contribution in [0.5, 0.6) is 5.75 Å². The molecule has 12 heteroatoms. The summed E-state index contributed by atoms with van der Waals surface area (Å²) in [7, 11) is 0. The van der Waals surface area contributed by atoms with Gasteiger partial charge in [0.1, 0.15) is 18.2 Å². The van der Waals surface area contributed by atoms with Crippen molar-refractivity contribution in [2.24, 2.45) is 5.73 Å². The van der Waals surface area contributed by atoms with Crippen LogP contribution in [0, 0.1) is 0 Å². The summed E-state index contributed by atoms with van der Waals surface area (Å²) in [5, 5.41) is 23.4. The SMILES string of the molecule is CC(C)Oc1ccc(Cl)cc1CNc1ncnc2c1ncn2C1OC(C(=O)O)C(N)C1O. The summed E-state index contributed by atoms with van der Waals surface area (Å²) >= 11 is 6.15. The van der Waals surface area contributed by atoms with Gasteiger partial charge in [-0.3, -0.25) is 4.57 Å². The Bertz CT molecular complexity index is 1140. The average molecular weight is 463 g/mol. The Morgan fingerprint density at radius 3 is 2.84 bits per heavy atom. The zero-order valence-electron chi connectivity index (χ0n) is 17.3. The molecule has 1 saturated heterocycles. The largest absolute Gasteiger partial charge is 0.491 e. The first kappa shape index (κ1) is 22.2. The minimum Gasteiger partial charge on any atom is -0.491 e. The van der Waals surface area contributed by atoms with Crippen LogP contribution in [0.4, 0.5) is 5.82 Å². The quantitative estimate of drug-likeness (QED) is 0.406. The number of nitrogens with zero attached hydrogens (tertiary/aromatic N) is 4. The van der Waals surface area contributed by atoms with Crippen LogP contribution in [-0.4, -0.2) is 60.1 Å². The zero-order valence-corrected chi connectivity index (χ0v) is 18.1. The van der Waals surface area contributed by atoms with Gasteiger partial charge < -0.3 is 30.7 Å². The first-order valence-corrected chi connectivity index (χ1v) is 10.3. The standard InChI is InChI=1S/C20H23ClN6O5/c1-9(2)31-12-4-3-11(21)5-10(12)6-23-17-14-18(25-7-24-17)27(8-26-14)19-15(28)13(22)16(32-19)20(29)30/h3-5,7-9,13,15-16,19,28H,6,22H2,1-2H3,(H,29,30)(H,23,24,25). The molecule has 1 aliphatic heterocycles. The molecule has 5 N–H and O–H groups in total. The number of hydrogen-bond acceptors (Lipinski definition) is 9. The van der Waals surface area contributed by atoms with Crippen molar-refractivity contribution in [2.45, 2.75) is 51.0 Å². The predicted octanol–water partition coefficient (Wildman–Crippen LogP) is 1.55. The molecule has 1 fully saturated rings. The summed E-state index contributed by atoms with van der Waals surface area (Å²) in [6, 6.07) is 4.29. The van der Waals surface area contributed by atoms with Crippen LogP contribution in [-0.2, 0) is 16.1 Å². The fraction of sp³-hybridized carbons (Fsp3) is 0.400. The predicted molar refractivity (Wildman–Crippen MR) is 115 cm³/mol. The lowest BCUT2D eigenvalue weighted by molar-refractivity contribution is -0.152. The van der Waals surface area contributed by atoms with Crippen molar-refractivity contribution in [1.82, 2.24) is 19.5 Å². The van der Waals surface area contributed by atoms with Crippen molar-refractivity contribution in [1.29, 1.82) is 0 Å². The number of nitrogens with one attached hydrogen (secondary N) is 1. The highest BCUT2D eigenvalue weighted by Gasteiger charge is 2.46. The number of fused-ring (bicyclic) bond motifs is 1. The normalized spacial score (nSPS) is 23.1. The third-order valence-electron chi connectivity index (χ3n) is 5.03. The Morgan fingerprint density at radius 2 is 2.16 bits per heavy atom. The number of nitrogens with two attached hydrogens (primary N) is 1.